The third-order valence-corrected chi connectivity index (χ3v) is 3.12. The molecule has 0 unspecified atom stereocenters. The van der Waals surface area contributed by atoms with Crippen molar-refractivity contribution in [1.82, 2.24) is 14.7 Å². The lowest BCUT2D eigenvalue weighted by atomic mass is 10.0. The van der Waals surface area contributed by atoms with E-state index in [0.717, 1.165) is 10.2 Å². The summed E-state index contributed by atoms with van der Waals surface area (Å²) in [6, 6.07) is 0. The molecular formula is C10H16BrN3O. The molecule has 15 heavy (non-hydrogen) atoms. The molecule has 0 radical (unpaired) electrons. The molecule has 0 atom stereocenters. The summed E-state index contributed by atoms with van der Waals surface area (Å²) in [6.07, 6.45) is 1.83. The van der Waals surface area contributed by atoms with Gasteiger partial charge in [0.25, 0.3) is 0 Å². The summed E-state index contributed by atoms with van der Waals surface area (Å²) in [5.74, 6) is 0.0255. The van der Waals surface area contributed by atoms with Gasteiger partial charge in [0.15, 0.2) is 0 Å². The highest BCUT2D eigenvalue weighted by atomic mass is 79.9. The van der Waals surface area contributed by atoms with Gasteiger partial charge in [-0.3, -0.25) is 9.48 Å². The molecule has 0 aliphatic heterocycles. The number of carbonyl (C=O) groups is 1. The van der Waals surface area contributed by atoms with Crippen LogP contribution in [0, 0.1) is 6.92 Å². The van der Waals surface area contributed by atoms with E-state index in [1.165, 1.54) is 0 Å². The lowest BCUT2D eigenvalue weighted by molar-refractivity contribution is -0.137. The van der Waals surface area contributed by atoms with Gasteiger partial charge in [-0.2, -0.15) is 5.10 Å². The largest absolute Gasteiger partial charge is 0.347 e. The Balaban J connectivity index is 3.10. The molecule has 5 heteroatoms. The van der Waals surface area contributed by atoms with Crippen LogP contribution < -0.4 is 0 Å². The zero-order valence-corrected chi connectivity index (χ0v) is 11.3. The fourth-order valence-corrected chi connectivity index (χ4v) is 1.64. The molecule has 4 nitrogen and oxygen atoms in total. The van der Waals surface area contributed by atoms with Crippen molar-refractivity contribution in [2.45, 2.75) is 26.3 Å². The van der Waals surface area contributed by atoms with Crippen molar-refractivity contribution in [1.29, 1.82) is 0 Å². The predicted molar refractivity (Wildman–Crippen MR) is 62.7 cm³/mol. The van der Waals surface area contributed by atoms with Crippen molar-refractivity contribution in [2.75, 3.05) is 14.1 Å². The van der Waals surface area contributed by atoms with Gasteiger partial charge in [0.2, 0.25) is 5.91 Å². The van der Waals surface area contributed by atoms with Crippen LogP contribution in [0.5, 0.6) is 0 Å². The Bertz CT molecular complexity index is 363. The quantitative estimate of drug-likeness (QED) is 0.824. The molecule has 1 heterocycles. The molecule has 0 saturated carbocycles. The first-order valence-electron chi connectivity index (χ1n) is 4.71. The summed E-state index contributed by atoms with van der Waals surface area (Å²) in [6.45, 7) is 5.61. The topological polar surface area (TPSA) is 38.1 Å². The van der Waals surface area contributed by atoms with E-state index < -0.39 is 5.54 Å². The molecule has 0 spiro atoms. The van der Waals surface area contributed by atoms with Crippen LogP contribution in [0.15, 0.2) is 10.7 Å². The highest BCUT2D eigenvalue weighted by molar-refractivity contribution is 9.10. The summed E-state index contributed by atoms with van der Waals surface area (Å²) < 4.78 is 2.61. The molecule has 1 amide bonds. The average molecular weight is 274 g/mol. The first kappa shape index (κ1) is 12.2. The van der Waals surface area contributed by atoms with Crippen LogP contribution in [0.4, 0.5) is 0 Å². The molecule has 0 aliphatic rings. The SMILES string of the molecule is Cc1nn(C(C)(C)C(=O)N(C)C)cc1Br. The Hall–Kier alpha value is -0.840. The Morgan fingerprint density at radius 2 is 2.07 bits per heavy atom. The van der Waals surface area contributed by atoms with Crippen molar-refractivity contribution in [2.24, 2.45) is 0 Å². The summed E-state index contributed by atoms with van der Waals surface area (Å²) >= 11 is 3.39. The average Bonchev–Trinajstić information content (AvgIpc) is 2.46. The Morgan fingerprint density at radius 3 is 2.40 bits per heavy atom. The van der Waals surface area contributed by atoms with Crippen LogP contribution in [-0.2, 0) is 10.3 Å². The third kappa shape index (κ3) is 2.22. The molecule has 1 aromatic rings. The molecule has 0 aromatic carbocycles. The van der Waals surface area contributed by atoms with Crippen LogP contribution >= 0.6 is 15.9 Å². The first-order chi connectivity index (χ1) is 6.76. The number of likely N-dealkylation sites (N-methyl/N-ethyl adjacent to an activating group) is 1. The lowest BCUT2D eigenvalue weighted by Crippen LogP contribution is -2.44. The van der Waals surface area contributed by atoms with Crippen LogP contribution in [0.2, 0.25) is 0 Å². The number of hydrogen-bond donors (Lipinski definition) is 0. The number of amides is 1. The van der Waals surface area contributed by atoms with Gasteiger partial charge in [0, 0.05) is 20.3 Å². The maximum absolute atomic E-state index is 11.9. The van der Waals surface area contributed by atoms with Gasteiger partial charge in [0.1, 0.15) is 5.54 Å². The van der Waals surface area contributed by atoms with Gasteiger partial charge in [-0.05, 0) is 36.7 Å². The maximum Gasteiger partial charge on any atom is 0.249 e. The minimum atomic E-state index is -0.653. The molecular weight excluding hydrogens is 258 g/mol. The number of halogens is 1. The number of carbonyl (C=O) groups excluding carboxylic acids is 1. The smallest absolute Gasteiger partial charge is 0.249 e. The van der Waals surface area contributed by atoms with E-state index in [1.54, 1.807) is 23.7 Å². The normalized spacial score (nSPS) is 11.6. The minimum absolute atomic E-state index is 0.0255. The van der Waals surface area contributed by atoms with Crippen LogP contribution in [0.1, 0.15) is 19.5 Å². The second-order valence-electron chi connectivity index (χ2n) is 4.27. The number of nitrogens with zero attached hydrogens (tertiary/aromatic N) is 3. The highest BCUT2D eigenvalue weighted by Crippen LogP contribution is 2.21. The van der Waals surface area contributed by atoms with Crippen molar-refractivity contribution < 1.29 is 4.79 Å². The van der Waals surface area contributed by atoms with Gasteiger partial charge in [-0.15, -0.1) is 0 Å². The first-order valence-corrected chi connectivity index (χ1v) is 5.50. The van der Waals surface area contributed by atoms with E-state index in [4.69, 9.17) is 0 Å². The van der Waals surface area contributed by atoms with Crippen LogP contribution in [-0.4, -0.2) is 34.7 Å². The fourth-order valence-electron chi connectivity index (χ4n) is 1.37. The van der Waals surface area contributed by atoms with E-state index in [9.17, 15) is 4.79 Å². The molecule has 0 aliphatic carbocycles. The molecule has 0 bridgehead atoms. The number of rotatable bonds is 2. The van der Waals surface area contributed by atoms with Crippen molar-refractivity contribution in [3.05, 3.63) is 16.4 Å². The van der Waals surface area contributed by atoms with E-state index >= 15 is 0 Å². The maximum atomic E-state index is 11.9. The van der Waals surface area contributed by atoms with Crippen LogP contribution in [0.25, 0.3) is 0 Å². The second kappa shape index (κ2) is 3.96. The predicted octanol–water partition coefficient (Wildman–Crippen LogP) is 1.78. The molecule has 0 N–H and O–H groups in total. The number of hydrogen-bond acceptors (Lipinski definition) is 2. The van der Waals surface area contributed by atoms with Gasteiger partial charge < -0.3 is 4.90 Å². The van der Waals surface area contributed by atoms with E-state index in [0.29, 0.717) is 0 Å². The Kier molecular flexibility index (Phi) is 3.23. The fraction of sp³-hybridized carbons (Fsp3) is 0.600. The van der Waals surface area contributed by atoms with E-state index in [1.807, 2.05) is 27.0 Å². The monoisotopic (exact) mass is 273 g/mol. The minimum Gasteiger partial charge on any atom is -0.347 e. The molecule has 1 rings (SSSR count). The standard InChI is InChI=1S/C10H16BrN3O/c1-7-8(11)6-14(12-7)10(2,3)9(15)13(4)5/h6H,1-5H3. The van der Waals surface area contributed by atoms with Crippen LogP contribution in [0.3, 0.4) is 0 Å². The van der Waals surface area contributed by atoms with E-state index in [2.05, 4.69) is 21.0 Å². The lowest BCUT2D eigenvalue weighted by Gasteiger charge is -2.27. The van der Waals surface area contributed by atoms with Crippen molar-refractivity contribution in [3.8, 4) is 0 Å². The Labute approximate surface area is 98.4 Å². The molecule has 1 aromatic heterocycles. The zero-order valence-electron chi connectivity index (χ0n) is 9.71. The van der Waals surface area contributed by atoms with Crippen molar-refractivity contribution in [3.63, 3.8) is 0 Å². The summed E-state index contributed by atoms with van der Waals surface area (Å²) in [5, 5.41) is 4.31. The van der Waals surface area contributed by atoms with Gasteiger partial charge in [-0.25, -0.2) is 0 Å². The molecule has 84 valence electrons. The zero-order chi connectivity index (χ0) is 11.8. The molecule has 0 saturated heterocycles. The highest BCUT2D eigenvalue weighted by Gasteiger charge is 2.32. The third-order valence-electron chi connectivity index (χ3n) is 2.34. The van der Waals surface area contributed by atoms with Crippen molar-refractivity contribution >= 4 is 21.8 Å². The van der Waals surface area contributed by atoms with Gasteiger partial charge in [0.05, 0.1) is 10.2 Å². The Morgan fingerprint density at radius 1 is 1.53 bits per heavy atom. The van der Waals surface area contributed by atoms with Gasteiger partial charge >= 0.3 is 0 Å². The van der Waals surface area contributed by atoms with Gasteiger partial charge in [-0.1, -0.05) is 0 Å². The summed E-state index contributed by atoms with van der Waals surface area (Å²) in [7, 11) is 3.49. The number of aryl methyl sites for hydroxylation is 1. The second-order valence-corrected chi connectivity index (χ2v) is 5.12. The summed E-state index contributed by atoms with van der Waals surface area (Å²) in [5.41, 5.74) is 0.231. The molecule has 0 fully saturated rings. The van der Waals surface area contributed by atoms with E-state index in [-0.39, 0.29) is 5.91 Å². The summed E-state index contributed by atoms with van der Waals surface area (Å²) in [4.78, 5) is 13.5. The number of aromatic nitrogens is 2.